The molecule has 2 fully saturated rings. The van der Waals surface area contributed by atoms with Crippen molar-refractivity contribution in [2.75, 3.05) is 46.5 Å². The smallest absolute Gasteiger partial charge is 0.0629 e. The maximum Gasteiger partial charge on any atom is 0.0629 e. The maximum absolute atomic E-state index is 9.58. The van der Waals surface area contributed by atoms with Crippen LogP contribution in [0.4, 0.5) is 0 Å². The molecule has 0 aromatic rings. The fraction of sp³-hybridized carbons (Fsp3) is 1.00. The normalized spacial score (nSPS) is 29.8. The zero-order chi connectivity index (χ0) is 13.0. The number of piperidine rings is 1. The van der Waals surface area contributed by atoms with Crippen LogP contribution in [0.25, 0.3) is 0 Å². The van der Waals surface area contributed by atoms with Crippen molar-refractivity contribution in [2.45, 2.75) is 37.4 Å². The molecule has 2 saturated heterocycles. The molecule has 3 unspecified atom stereocenters. The molecule has 106 valence electrons. The Morgan fingerprint density at radius 3 is 2.89 bits per heavy atom. The van der Waals surface area contributed by atoms with Gasteiger partial charge >= 0.3 is 0 Å². The molecule has 2 aliphatic rings. The number of ether oxygens (including phenoxy) is 1. The number of methoxy groups -OCH3 is 1. The van der Waals surface area contributed by atoms with Crippen LogP contribution in [0.15, 0.2) is 0 Å². The number of hydrogen-bond donors (Lipinski definition) is 2. The van der Waals surface area contributed by atoms with Gasteiger partial charge < -0.3 is 15.6 Å². The Bertz CT molecular complexity index is 252. The van der Waals surface area contributed by atoms with Crippen LogP contribution < -0.4 is 5.73 Å². The molecule has 5 nitrogen and oxygen atoms in total. The van der Waals surface area contributed by atoms with Gasteiger partial charge in [-0.2, -0.15) is 0 Å². The van der Waals surface area contributed by atoms with Gasteiger partial charge in [-0.05, 0) is 19.4 Å². The van der Waals surface area contributed by atoms with E-state index >= 15 is 0 Å². The van der Waals surface area contributed by atoms with Crippen molar-refractivity contribution in [3.8, 4) is 0 Å². The van der Waals surface area contributed by atoms with E-state index in [0.29, 0.717) is 12.6 Å². The van der Waals surface area contributed by atoms with Crippen molar-refractivity contribution in [3.05, 3.63) is 0 Å². The van der Waals surface area contributed by atoms with Crippen LogP contribution in [-0.4, -0.2) is 79.5 Å². The van der Waals surface area contributed by atoms with Gasteiger partial charge in [0.15, 0.2) is 0 Å². The van der Waals surface area contributed by atoms with Crippen molar-refractivity contribution in [2.24, 2.45) is 5.73 Å². The van der Waals surface area contributed by atoms with Gasteiger partial charge in [-0.3, -0.25) is 9.80 Å². The zero-order valence-corrected chi connectivity index (χ0v) is 11.4. The molecule has 0 radical (unpaired) electrons. The lowest BCUT2D eigenvalue weighted by atomic mass is 9.97. The molecule has 2 rings (SSSR count). The first kappa shape index (κ1) is 14.2. The quantitative estimate of drug-likeness (QED) is 0.695. The molecule has 0 aromatic heterocycles. The summed E-state index contributed by atoms with van der Waals surface area (Å²) in [5, 5.41) is 9.58. The SMILES string of the molecule is COCC(N)C(CO)N1CCN2CCCCC2C1. The van der Waals surface area contributed by atoms with Crippen molar-refractivity contribution in [1.82, 2.24) is 9.80 Å². The Kier molecular flexibility index (Phi) is 5.38. The minimum absolute atomic E-state index is 0.0361. The summed E-state index contributed by atoms with van der Waals surface area (Å²) in [7, 11) is 1.66. The Hall–Kier alpha value is -0.200. The van der Waals surface area contributed by atoms with Crippen LogP contribution in [-0.2, 0) is 4.74 Å². The number of aliphatic hydroxyl groups is 1. The largest absolute Gasteiger partial charge is 0.395 e. The number of rotatable bonds is 5. The second-order valence-electron chi connectivity index (χ2n) is 5.55. The summed E-state index contributed by atoms with van der Waals surface area (Å²) in [5.74, 6) is 0. The first-order chi connectivity index (χ1) is 8.76. The Labute approximate surface area is 110 Å². The predicted octanol–water partition coefficient (Wildman–Crippen LogP) is -0.509. The van der Waals surface area contributed by atoms with Crippen LogP contribution in [0.2, 0.25) is 0 Å². The Morgan fingerprint density at radius 2 is 2.17 bits per heavy atom. The van der Waals surface area contributed by atoms with E-state index in [1.54, 1.807) is 7.11 Å². The number of aliphatic hydroxyl groups excluding tert-OH is 1. The number of nitrogens with two attached hydrogens (primary N) is 1. The lowest BCUT2D eigenvalue weighted by Gasteiger charge is -2.47. The van der Waals surface area contributed by atoms with Gasteiger partial charge in [0, 0.05) is 38.8 Å². The fourth-order valence-corrected chi connectivity index (χ4v) is 3.31. The van der Waals surface area contributed by atoms with Crippen LogP contribution in [0.3, 0.4) is 0 Å². The van der Waals surface area contributed by atoms with E-state index in [-0.39, 0.29) is 18.7 Å². The summed E-state index contributed by atoms with van der Waals surface area (Å²) >= 11 is 0. The first-order valence-electron chi connectivity index (χ1n) is 7.09. The fourth-order valence-electron chi connectivity index (χ4n) is 3.31. The molecule has 0 saturated carbocycles. The molecule has 18 heavy (non-hydrogen) atoms. The van der Waals surface area contributed by atoms with Crippen LogP contribution in [0.5, 0.6) is 0 Å². The lowest BCUT2D eigenvalue weighted by Crippen LogP contribution is -2.61. The monoisotopic (exact) mass is 257 g/mol. The molecular formula is C13H27N3O2. The molecule has 3 N–H and O–H groups in total. The standard InChI is InChI=1S/C13H27N3O2/c1-18-10-12(14)13(9-17)16-7-6-15-5-3-2-4-11(15)8-16/h11-13,17H,2-10,14H2,1H3. The summed E-state index contributed by atoms with van der Waals surface area (Å²) in [6.45, 7) is 5.04. The molecule has 2 heterocycles. The summed E-state index contributed by atoms with van der Waals surface area (Å²) in [4.78, 5) is 4.95. The van der Waals surface area contributed by atoms with E-state index in [1.807, 2.05) is 0 Å². The van der Waals surface area contributed by atoms with E-state index in [4.69, 9.17) is 10.5 Å². The third-order valence-electron chi connectivity index (χ3n) is 4.38. The predicted molar refractivity (Wildman–Crippen MR) is 71.5 cm³/mol. The van der Waals surface area contributed by atoms with E-state index in [0.717, 1.165) is 19.6 Å². The number of nitrogens with zero attached hydrogens (tertiary/aromatic N) is 2. The Balaban J connectivity index is 1.91. The molecule has 2 aliphatic heterocycles. The van der Waals surface area contributed by atoms with Crippen LogP contribution in [0, 0.1) is 0 Å². The van der Waals surface area contributed by atoms with E-state index in [2.05, 4.69) is 9.80 Å². The number of piperazine rings is 1. The highest BCUT2D eigenvalue weighted by Gasteiger charge is 2.33. The first-order valence-corrected chi connectivity index (χ1v) is 7.09. The second kappa shape index (κ2) is 6.82. The molecule has 5 heteroatoms. The van der Waals surface area contributed by atoms with Crippen molar-refractivity contribution < 1.29 is 9.84 Å². The Morgan fingerprint density at radius 1 is 1.33 bits per heavy atom. The second-order valence-corrected chi connectivity index (χ2v) is 5.55. The average molecular weight is 257 g/mol. The molecule has 0 aliphatic carbocycles. The molecule has 0 bridgehead atoms. The lowest BCUT2D eigenvalue weighted by molar-refractivity contribution is -0.00320. The van der Waals surface area contributed by atoms with Gasteiger partial charge in [-0.25, -0.2) is 0 Å². The third kappa shape index (κ3) is 3.22. The van der Waals surface area contributed by atoms with E-state index < -0.39 is 0 Å². The van der Waals surface area contributed by atoms with Gasteiger partial charge in [0.25, 0.3) is 0 Å². The highest BCUT2D eigenvalue weighted by molar-refractivity contribution is 4.91. The molecular weight excluding hydrogens is 230 g/mol. The number of hydrogen-bond acceptors (Lipinski definition) is 5. The zero-order valence-electron chi connectivity index (χ0n) is 11.4. The highest BCUT2D eigenvalue weighted by Crippen LogP contribution is 2.22. The van der Waals surface area contributed by atoms with E-state index in [1.165, 1.54) is 25.8 Å². The topological polar surface area (TPSA) is 62.0 Å². The molecule has 0 spiro atoms. The van der Waals surface area contributed by atoms with Gasteiger partial charge in [0.2, 0.25) is 0 Å². The maximum atomic E-state index is 9.58. The third-order valence-corrected chi connectivity index (χ3v) is 4.38. The summed E-state index contributed by atoms with van der Waals surface area (Å²) < 4.78 is 5.11. The van der Waals surface area contributed by atoms with Crippen LogP contribution >= 0.6 is 0 Å². The van der Waals surface area contributed by atoms with E-state index in [9.17, 15) is 5.11 Å². The molecule has 0 aromatic carbocycles. The average Bonchev–Trinajstić information content (AvgIpc) is 2.40. The van der Waals surface area contributed by atoms with Crippen LogP contribution in [0.1, 0.15) is 19.3 Å². The summed E-state index contributed by atoms with van der Waals surface area (Å²) in [6, 6.07) is 0.598. The van der Waals surface area contributed by atoms with Gasteiger partial charge in [0.05, 0.1) is 19.3 Å². The van der Waals surface area contributed by atoms with Gasteiger partial charge in [-0.15, -0.1) is 0 Å². The minimum Gasteiger partial charge on any atom is -0.395 e. The van der Waals surface area contributed by atoms with Crippen molar-refractivity contribution in [1.29, 1.82) is 0 Å². The van der Waals surface area contributed by atoms with Gasteiger partial charge in [0.1, 0.15) is 0 Å². The summed E-state index contributed by atoms with van der Waals surface area (Å²) in [5.41, 5.74) is 6.10. The molecule has 3 atom stereocenters. The minimum atomic E-state index is -0.102. The summed E-state index contributed by atoms with van der Waals surface area (Å²) in [6.07, 6.45) is 3.96. The molecule has 0 amide bonds. The highest BCUT2D eigenvalue weighted by atomic mass is 16.5. The number of fused-ring (bicyclic) bond motifs is 1. The van der Waals surface area contributed by atoms with Crippen molar-refractivity contribution >= 4 is 0 Å². The van der Waals surface area contributed by atoms with Crippen molar-refractivity contribution in [3.63, 3.8) is 0 Å². The van der Waals surface area contributed by atoms with Gasteiger partial charge in [-0.1, -0.05) is 6.42 Å².